The number of anilines is 1. The Morgan fingerprint density at radius 1 is 1.08 bits per heavy atom. The first kappa shape index (κ1) is 16.9. The van der Waals surface area contributed by atoms with E-state index in [9.17, 15) is 19.7 Å². The number of benzene rings is 2. The molecule has 0 spiro atoms. The number of nitrogens with zero attached hydrogens (tertiary/aromatic N) is 3. The van der Waals surface area contributed by atoms with Crippen LogP contribution in [0, 0.1) is 10.1 Å². The van der Waals surface area contributed by atoms with E-state index in [4.69, 9.17) is 0 Å². The van der Waals surface area contributed by atoms with E-state index in [0.29, 0.717) is 5.69 Å². The number of Topliss-reactive ketones (excluding diaryl/α,β-unsaturated/α-hetero) is 1. The summed E-state index contributed by atoms with van der Waals surface area (Å²) in [6.45, 7) is 1.20. The van der Waals surface area contributed by atoms with Crippen molar-refractivity contribution < 1.29 is 14.5 Å². The zero-order valence-electron chi connectivity index (χ0n) is 12.7. The number of nitrogens with one attached hydrogen (secondary N) is 1. The number of ketones is 1. The minimum absolute atomic E-state index is 0.0266. The van der Waals surface area contributed by atoms with Gasteiger partial charge in [-0.25, -0.2) is 0 Å². The van der Waals surface area contributed by atoms with Gasteiger partial charge in [0.1, 0.15) is 0 Å². The van der Waals surface area contributed by atoms with Gasteiger partial charge in [-0.1, -0.05) is 30.3 Å². The smallest absolute Gasteiger partial charge is 0.296 e. The van der Waals surface area contributed by atoms with E-state index in [1.165, 1.54) is 25.1 Å². The first-order valence-electron chi connectivity index (χ1n) is 6.99. The first-order valence-corrected chi connectivity index (χ1v) is 6.99. The lowest BCUT2D eigenvalue weighted by atomic mass is 10.2. The fourth-order valence-corrected chi connectivity index (χ4v) is 1.87. The lowest BCUT2D eigenvalue weighted by Crippen LogP contribution is -2.31. The van der Waals surface area contributed by atoms with Crippen molar-refractivity contribution >= 4 is 28.8 Å². The Morgan fingerprint density at radius 3 is 2.33 bits per heavy atom. The fraction of sp³-hybridized carbons (Fsp3) is 0.125. The summed E-state index contributed by atoms with van der Waals surface area (Å²) in [5, 5.41) is 20.9. The summed E-state index contributed by atoms with van der Waals surface area (Å²) in [6.07, 6.45) is 0. The van der Waals surface area contributed by atoms with Crippen LogP contribution in [0.2, 0.25) is 0 Å². The average molecular weight is 326 g/mol. The van der Waals surface area contributed by atoms with Crippen LogP contribution >= 0.6 is 0 Å². The molecule has 0 bridgehead atoms. The van der Waals surface area contributed by atoms with Gasteiger partial charge in [-0.15, -0.1) is 5.11 Å². The van der Waals surface area contributed by atoms with Gasteiger partial charge in [0.05, 0.1) is 4.92 Å². The van der Waals surface area contributed by atoms with Crippen molar-refractivity contribution in [3.8, 4) is 0 Å². The Hall–Kier alpha value is -3.42. The largest absolute Gasteiger partial charge is 0.324 e. The highest BCUT2D eigenvalue weighted by atomic mass is 16.6. The van der Waals surface area contributed by atoms with E-state index in [0.717, 1.165) is 0 Å². The molecule has 8 heteroatoms. The predicted molar refractivity (Wildman–Crippen MR) is 87.2 cm³/mol. The van der Waals surface area contributed by atoms with Crippen LogP contribution in [0.1, 0.15) is 6.92 Å². The normalized spacial score (nSPS) is 11.9. The average Bonchev–Trinajstić information content (AvgIpc) is 2.56. The molecule has 0 aliphatic heterocycles. The predicted octanol–water partition coefficient (Wildman–Crippen LogP) is 3.27. The third-order valence-corrected chi connectivity index (χ3v) is 3.03. The fourth-order valence-electron chi connectivity index (χ4n) is 1.87. The maximum atomic E-state index is 12.2. The molecule has 1 amide bonds. The van der Waals surface area contributed by atoms with Crippen molar-refractivity contribution in [2.75, 3.05) is 5.32 Å². The van der Waals surface area contributed by atoms with Gasteiger partial charge in [0.15, 0.2) is 11.5 Å². The molecule has 2 rings (SSSR count). The number of nitro groups is 1. The molecule has 8 nitrogen and oxygen atoms in total. The molecule has 0 aliphatic rings. The number of rotatable bonds is 6. The molecule has 0 fully saturated rings. The Morgan fingerprint density at radius 2 is 1.71 bits per heavy atom. The lowest BCUT2D eigenvalue weighted by molar-refractivity contribution is -0.384. The van der Waals surface area contributed by atoms with Crippen molar-refractivity contribution in [3.63, 3.8) is 0 Å². The Kier molecular flexibility index (Phi) is 5.45. The van der Waals surface area contributed by atoms with Crippen LogP contribution in [0.4, 0.5) is 17.1 Å². The molecule has 0 heterocycles. The molecule has 0 unspecified atom stereocenters. The molecule has 0 aromatic heterocycles. The van der Waals surface area contributed by atoms with Gasteiger partial charge in [0, 0.05) is 11.8 Å². The molecule has 122 valence electrons. The summed E-state index contributed by atoms with van der Waals surface area (Å²) in [4.78, 5) is 34.2. The van der Waals surface area contributed by atoms with Crippen molar-refractivity contribution in [2.24, 2.45) is 10.2 Å². The van der Waals surface area contributed by atoms with E-state index in [1.807, 2.05) is 0 Å². The van der Waals surface area contributed by atoms with Gasteiger partial charge in [0.2, 0.25) is 6.04 Å². The topological polar surface area (TPSA) is 114 Å². The highest BCUT2D eigenvalue weighted by Gasteiger charge is 2.23. The zero-order chi connectivity index (χ0) is 17.5. The number of carbonyl (C=O) groups excluding carboxylic acids is 2. The number of hydrogen-bond acceptors (Lipinski definition) is 6. The second-order valence-electron chi connectivity index (χ2n) is 4.83. The maximum absolute atomic E-state index is 12.2. The van der Waals surface area contributed by atoms with Gasteiger partial charge >= 0.3 is 0 Å². The van der Waals surface area contributed by atoms with Crippen LogP contribution in [0.25, 0.3) is 0 Å². The molecule has 0 saturated carbocycles. The highest BCUT2D eigenvalue weighted by Crippen LogP contribution is 2.26. The van der Waals surface area contributed by atoms with E-state index >= 15 is 0 Å². The molecule has 1 atom stereocenters. The monoisotopic (exact) mass is 326 g/mol. The molecule has 0 saturated heterocycles. The minimum atomic E-state index is -1.38. The quantitative estimate of drug-likeness (QED) is 0.379. The van der Waals surface area contributed by atoms with Crippen LogP contribution in [0.15, 0.2) is 64.8 Å². The standard InChI is InChI=1S/C16H14N4O4/c1-11(21)15(16(22)17-12-7-3-2-4-8-12)19-18-13-9-5-6-10-14(13)20(23)24/h2-10,15H,1H3,(H,17,22)/t15-/m1/s1. The summed E-state index contributed by atoms with van der Waals surface area (Å²) in [5.74, 6) is -1.18. The van der Waals surface area contributed by atoms with Crippen LogP contribution in [-0.4, -0.2) is 22.7 Å². The van der Waals surface area contributed by atoms with E-state index in [1.54, 1.807) is 36.4 Å². The molecule has 0 aliphatic carbocycles. The lowest BCUT2D eigenvalue weighted by Gasteiger charge is -2.09. The van der Waals surface area contributed by atoms with Crippen molar-refractivity contribution in [2.45, 2.75) is 13.0 Å². The van der Waals surface area contributed by atoms with Crippen LogP contribution in [-0.2, 0) is 9.59 Å². The number of azo groups is 1. The summed E-state index contributed by atoms with van der Waals surface area (Å²) in [6, 6.07) is 12.9. The first-order chi connectivity index (χ1) is 11.5. The molecular weight excluding hydrogens is 312 g/mol. The maximum Gasteiger partial charge on any atom is 0.296 e. The summed E-state index contributed by atoms with van der Waals surface area (Å²) >= 11 is 0. The number of carbonyl (C=O) groups is 2. The Bertz CT molecular complexity index is 790. The van der Waals surface area contributed by atoms with Gasteiger partial charge in [-0.2, -0.15) is 5.11 Å². The Labute approximate surface area is 137 Å². The molecule has 1 N–H and O–H groups in total. The molecule has 24 heavy (non-hydrogen) atoms. The van der Waals surface area contributed by atoms with Crippen molar-refractivity contribution in [1.29, 1.82) is 0 Å². The van der Waals surface area contributed by atoms with E-state index < -0.39 is 22.7 Å². The van der Waals surface area contributed by atoms with Crippen LogP contribution in [0.5, 0.6) is 0 Å². The number of para-hydroxylation sites is 2. The van der Waals surface area contributed by atoms with Gasteiger partial charge in [-0.3, -0.25) is 19.7 Å². The third-order valence-electron chi connectivity index (χ3n) is 3.03. The molecular formula is C16H14N4O4. The van der Waals surface area contributed by atoms with Gasteiger partial charge in [0.25, 0.3) is 11.6 Å². The summed E-state index contributed by atoms with van der Waals surface area (Å²) < 4.78 is 0. The van der Waals surface area contributed by atoms with Crippen LogP contribution < -0.4 is 5.32 Å². The second kappa shape index (κ2) is 7.73. The molecule has 0 radical (unpaired) electrons. The van der Waals surface area contributed by atoms with E-state index in [-0.39, 0.29) is 11.4 Å². The van der Waals surface area contributed by atoms with Crippen molar-refractivity contribution in [1.82, 2.24) is 0 Å². The van der Waals surface area contributed by atoms with Crippen molar-refractivity contribution in [3.05, 3.63) is 64.7 Å². The van der Waals surface area contributed by atoms with Gasteiger partial charge < -0.3 is 5.32 Å². The van der Waals surface area contributed by atoms with E-state index in [2.05, 4.69) is 15.5 Å². The van der Waals surface area contributed by atoms with Gasteiger partial charge in [-0.05, 0) is 25.1 Å². The summed E-state index contributed by atoms with van der Waals surface area (Å²) in [7, 11) is 0. The van der Waals surface area contributed by atoms with Crippen LogP contribution in [0.3, 0.4) is 0 Å². The summed E-state index contributed by atoms with van der Waals surface area (Å²) in [5.41, 5.74) is 0.225. The second-order valence-corrected chi connectivity index (χ2v) is 4.83. The minimum Gasteiger partial charge on any atom is -0.324 e. The molecule has 2 aromatic carbocycles. The third kappa shape index (κ3) is 4.29. The zero-order valence-corrected chi connectivity index (χ0v) is 12.7. The number of nitro benzene ring substituents is 1. The molecule has 2 aromatic rings. The Balaban J connectivity index is 2.21. The number of amides is 1. The number of hydrogen-bond donors (Lipinski definition) is 1. The SMILES string of the molecule is CC(=O)[C@@H](N=Nc1ccccc1[N+](=O)[O-])C(=O)Nc1ccccc1. The highest BCUT2D eigenvalue weighted by molar-refractivity contribution is 6.10.